The van der Waals surface area contributed by atoms with Crippen LogP contribution in [0.5, 0.6) is 0 Å². The molecule has 1 aliphatic heterocycles. The van der Waals surface area contributed by atoms with E-state index in [0.29, 0.717) is 25.2 Å². The Hall–Kier alpha value is -1.06. The summed E-state index contributed by atoms with van der Waals surface area (Å²) in [4.78, 5) is 25.0. The van der Waals surface area contributed by atoms with Crippen molar-refractivity contribution < 1.29 is 14.7 Å². The van der Waals surface area contributed by atoms with Gasteiger partial charge in [0.2, 0.25) is 0 Å². The van der Waals surface area contributed by atoms with Crippen LogP contribution in [0.15, 0.2) is 0 Å². The Bertz CT molecular complexity index is 359. The Balaban J connectivity index is 2.31. The molecule has 0 radical (unpaired) electrons. The molecule has 3 unspecified atom stereocenters. The first-order valence-electron chi connectivity index (χ1n) is 6.84. The number of rotatable bonds is 0. The molecule has 4 heteroatoms. The molecule has 0 aromatic carbocycles. The molecule has 1 aliphatic carbocycles. The molecule has 1 N–H and O–H groups in total. The van der Waals surface area contributed by atoms with Gasteiger partial charge in [-0.25, -0.2) is 4.79 Å². The average molecular weight is 253 g/mol. The fraction of sp³-hybridized carbons (Fsp3) is 0.857. The van der Waals surface area contributed by atoms with Crippen molar-refractivity contribution >= 4 is 11.9 Å². The first kappa shape index (κ1) is 13.4. The summed E-state index contributed by atoms with van der Waals surface area (Å²) in [5.41, 5.74) is -0.112. The van der Waals surface area contributed by atoms with E-state index in [1.54, 1.807) is 4.90 Å². The molecule has 18 heavy (non-hydrogen) atoms. The predicted octanol–water partition coefficient (Wildman–Crippen LogP) is 2.77. The number of carboxylic acid groups (broad SMARTS) is 1. The van der Waals surface area contributed by atoms with Crippen molar-refractivity contribution in [3.63, 3.8) is 0 Å². The van der Waals surface area contributed by atoms with Crippen LogP contribution in [0.2, 0.25) is 0 Å². The van der Waals surface area contributed by atoms with Gasteiger partial charge in [-0.05, 0) is 30.6 Å². The maximum Gasteiger partial charge on any atom is 0.407 e. The van der Waals surface area contributed by atoms with Gasteiger partial charge in [-0.3, -0.25) is 4.79 Å². The Labute approximate surface area is 108 Å². The monoisotopic (exact) mass is 253 g/mol. The number of Topliss-reactive ketones (excluding diaryl/α,β-unsaturated/α-hetero) is 1. The smallest absolute Gasteiger partial charge is 0.407 e. The topological polar surface area (TPSA) is 57.6 Å². The predicted molar refractivity (Wildman–Crippen MR) is 68.4 cm³/mol. The van der Waals surface area contributed by atoms with E-state index in [1.165, 1.54) is 0 Å². The van der Waals surface area contributed by atoms with E-state index < -0.39 is 6.09 Å². The van der Waals surface area contributed by atoms with E-state index in [-0.39, 0.29) is 23.3 Å². The number of fused-ring (bicyclic) bond motifs is 1. The largest absolute Gasteiger partial charge is 0.465 e. The molecule has 0 bridgehead atoms. The van der Waals surface area contributed by atoms with Gasteiger partial charge in [-0.1, -0.05) is 20.8 Å². The lowest BCUT2D eigenvalue weighted by Crippen LogP contribution is -2.58. The number of amides is 1. The van der Waals surface area contributed by atoms with Crippen LogP contribution in [0.3, 0.4) is 0 Å². The summed E-state index contributed by atoms with van der Waals surface area (Å²) >= 11 is 0. The molecule has 2 aliphatic rings. The van der Waals surface area contributed by atoms with Gasteiger partial charge in [0.05, 0.1) is 0 Å². The van der Waals surface area contributed by atoms with Gasteiger partial charge in [-0.15, -0.1) is 0 Å². The molecule has 2 fully saturated rings. The molecule has 102 valence electrons. The van der Waals surface area contributed by atoms with E-state index in [1.807, 2.05) is 0 Å². The lowest BCUT2D eigenvalue weighted by molar-refractivity contribution is -0.132. The SMILES string of the molecule is CC(C)(C)C1C2CCCC(=O)C2CCN1C(=O)O. The van der Waals surface area contributed by atoms with Crippen molar-refractivity contribution in [3.8, 4) is 0 Å². The third kappa shape index (κ3) is 2.25. The number of piperidine rings is 1. The van der Waals surface area contributed by atoms with Crippen LogP contribution in [-0.2, 0) is 4.79 Å². The molecular weight excluding hydrogens is 230 g/mol. The van der Waals surface area contributed by atoms with E-state index in [2.05, 4.69) is 20.8 Å². The standard InChI is InChI=1S/C14H23NO3/c1-14(2,3)12-10-5-4-6-11(16)9(10)7-8-15(12)13(17)18/h9-10,12H,4-8H2,1-3H3,(H,17,18). The quantitative estimate of drug-likeness (QED) is 0.722. The molecule has 2 rings (SSSR count). The highest BCUT2D eigenvalue weighted by molar-refractivity contribution is 5.82. The minimum absolute atomic E-state index is 0.0296. The van der Waals surface area contributed by atoms with Gasteiger partial charge >= 0.3 is 6.09 Å². The third-order valence-corrected chi connectivity index (χ3v) is 4.45. The first-order valence-corrected chi connectivity index (χ1v) is 6.84. The van der Waals surface area contributed by atoms with Crippen LogP contribution in [-0.4, -0.2) is 34.5 Å². The highest BCUT2D eigenvalue weighted by Crippen LogP contribution is 2.44. The van der Waals surface area contributed by atoms with Crippen LogP contribution in [0.4, 0.5) is 4.79 Å². The van der Waals surface area contributed by atoms with Crippen LogP contribution in [0, 0.1) is 17.3 Å². The van der Waals surface area contributed by atoms with Crippen LogP contribution >= 0.6 is 0 Å². The Morgan fingerprint density at radius 1 is 1.33 bits per heavy atom. The van der Waals surface area contributed by atoms with Crippen molar-refractivity contribution in [1.82, 2.24) is 4.90 Å². The second-order valence-corrected chi connectivity index (χ2v) is 6.70. The Morgan fingerprint density at radius 3 is 2.56 bits per heavy atom. The summed E-state index contributed by atoms with van der Waals surface area (Å²) in [7, 11) is 0. The summed E-state index contributed by atoms with van der Waals surface area (Å²) < 4.78 is 0. The highest BCUT2D eigenvalue weighted by Gasteiger charge is 2.48. The van der Waals surface area contributed by atoms with E-state index >= 15 is 0 Å². The van der Waals surface area contributed by atoms with Gasteiger partial charge in [-0.2, -0.15) is 0 Å². The van der Waals surface area contributed by atoms with Gasteiger partial charge in [0.1, 0.15) is 5.78 Å². The Kier molecular flexibility index (Phi) is 3.39. The van der Waals surface area contributed by atoms with Crippen molar-refractivity contribution in [3.05, 3.63) is 0 Å². The highest BCUT2D eigenvalue weighted by atomic mass is 16.4. The zero-order valence-electron chi connectivity index (χ0n) is 11.5. The number of hydrogen-bond acceptors (Lipinski definition) is 2. The van der Waals surface area contributed by atoms with Gasteiger partial charge in [0.15, 0.2) is 0 Å². The van der Waals surface area contributed by atoms with Gasteiger partial charge in [0, 0.05) is 24.9 Å². The first-order chi connectivity index (χ1) is 8.32. The van der Waals surface area contributed by atoms with Crippen LogP contribution in [0.1, 0.15) is 46.5 Å². The zero-order valence-corrected chi connectivity index (χ0v) is 11.5. The summed E-state index contributed by atoms with van der Waals surface area (Å²) in [5.74, 6) is 0.667. The number of nitrogens with zero attached hydrogens (tertiary/aromatic N) is 1. The normalized spacial score (nSPS) is 33.2. The van der Waals surface area contributed by atoms with Crippen LogP contribution < -0.4 is 0 Å². The zero-order chi connectivity index (χ0) is 13.5. The molecule has 0 aromatic heterocycles. The van der Waals surface area contributed by atoms with Crippen molar-refractivity contribution in [2.24, 2.45) is 17.3 Å². The summed E-state index contributed by atoms with van der Waals surface area (Å²) in [6.45, 7) is 6.74. The lowest BCUT2D eigenvalue weighted by atomic mass is 9.64. The van der Waals surface area contributed by atoms with E-state index in [9.17, 15) is 14.7 Å². The van der Waals surface area contributed by atoms with Gasteiger partial charge < -0.3 is 10.0 Å². The fourth-order valence-electron chi connectivity index (χ4n) is 3.86. The van der Waals surface area contributed by atoms with Crippen molar-refractivity contribution in [2.75, 3.05) is 6.54 Å². The second-order valence-electron chi connectivity index (χ2n) is 6.70. The Morgan fingerprint density at radius 2 is 2.00 bits per heavy atom. The van der Waals surface area contributed by atoms with Gasteiger partial charge in [0.25, 0.3) is 0 Å². The number of ketones is 1. The molecule has 1 saturated carbocycles. The summed E-state index contributed by atoms with van der Waals surface area (Å²) in [5, 5.41) is 9.37. The molecule has 3 atom stereocenters. The maximum atomic E-state index is 12.0. The molecule has 1 saturated heterocycles. The summed E-state index contributed by atoms with van der Waals surface area (Å²) in [6, 6.07) is -0.0296. The number of hydrogen-bond donors (Lipinski definition) is 1. The number of likely N-dealkylation sites (tertiary alicyclic amines) is 1. The molecule has 1 heterocycles. The third-order valence-electron chi connectivity index (χ3n) is 4.45. The second kappa shape index (κ2) is 4.56. The van der Waals surface area contributed by atoms with E-state index in [0.717, 1.165) is 12.8 Å². The molecule has 0 spiro atoms. The van der Waals surface area contributed by atoms with Crippen molar-refractivity contribution in [1.29, 1.82) is 0 Å². The lowest BCUT2D eigenvalue weighted by Gasteiger charge is -2.51. The summed E-state index contributed by atoms with van der Waals surface area (Å²) in [6.07, 6.45) is 2.46. The molecule has 0 aromatic rings. The fourth-order valence-corrected chi connectivity index (χ4v) is 3.86. The molecule has 4 nitrogen and oxygen atoms in total. The number of carbonyl (C=O) groups is 2. The minimum atomic E-state index is -0.841. The average Bonchev–Trinajstić information content (AvgIpc) is 2.26. The maximum absolute atomic E-state index is 12.0. The molecule has 1 amide bonds. The van der Waals surface area contributed by atoms with Crippen LogP contribution in [0.25, 0.3) is 0 Å². The molecular formula is C14H23NO3. The number of carbonyl (C=O) groups excluding carboxylic acids is 1. The van der Waals surface area contributed by atoms with Crippen molar-refractivity contribution in [2.45, 2.75) is 52.5 Å². The minimum Gasteiger partial charge on any atom is -0.465 e. The van der Waals surface area contributed by atoms with E-state index in [4.69, 9.17) is 0 Å².